The molecule has 3 heteroatoms. The van der Waals surface area contributed by atoms with Crippen molar-refractivity contribution in [2.24, 2.45) is 0 Å². The van der Waals surface area contributed by atoms with E-state index in [0.29, 0.717) is 11.8 Å². The van der Waals surface area contributed by atoms with Crippen molar-refractivity contribution in [2.45, 2.75) is 64.9 Å². The molecule has 0 spiro atoms. The van der Waals surface area contributed by atoms with Crippen LogP contribution in [0.25, 0.3) is 0 Å². The first-order valence-electron chi connectivity index (χ1n) is 8.27. The summed E-state index contributed by atoms with van der Waals surface area (Å²) >= 11 is 5.17. The SMILES string of the molecule is CCCCCCCCCCNC(=S)OCc1ccccc1. The fourth-order valence-electron chi connectivity index (χ4n) is 2.22. The van der Waals surface area contributed by atoms with Gasteiger partial charge in [0, 0.05) is 6.54 Å². The van der Waals surface area contributed by atoms with Gasteiger partial charge in [0.15, 0.2) is 0 Å². The largest absolute Gasteiger partial charge is 0.466 e. The fraction of sp³-hybridized carbons (Fsp3) is 0.611. The molecule has 0 amide bonds. The van der Waals surface area contributed by atoms with Gasteiger partial charge in [0.1, 0.15) is 6.61 Å². The van der Waals surface area contributed by atoms with Gasteiger partial charge in [-0.15, -0.1) is 0 Å². The topological polar surface area (TPSA) is 21.3 Å². The lowest BCUT2D eigenvalue weighted by atomic mass is 10.1. The molecule has 21 heavy (non-hydrogen) atoms. The van der Waals surface area contributed by atoms with Gasteiger partial charge in [0.2, 0.25) is 0 Å². The molecule has 0 fully saturated rings. The third kappa shape index (κ3) is 10.3. The van der Waals surface area contributed by atoms with Crippen LogP contribution in [-0.4, -0.2) is 11.7 Å². The van der Waals surface area contributed by atoms with Gasteiger partial charge in [0.05, 0.1) is 0 Å². The molecule has 0 heterocycles. The summed E-state index contributed by atoms with van der Waals surface area (Å²) in [5.41, 5.74) is 1.15. The Morgan fingerprint density at radius 2 is 1.57 bits per heavy atom. The maximum absolute atomic E-state index is 5.52. The number of hydrogen-bond acceptors (Lipinski definition) is 2. The zero-order valence-electron chi connectivity index (χ0n) is 13.3. The third-order valence-corrected chi connectivity index (χ3v) is 3.77. The number of thiocarbonyl (C=S) groups is 1. The lowest BCUT2D eigenvalue weighted by Crippen LogP contribution is -2.24. The summed E-state index contributed by atoms with van der Waals surface area (Å²) in [6, 6.07) is 10.1. The average molecular weight is 308 g/mol. The molecular weight excluding hydrogens is 278 g/mol. The minimum Gasteiger partial charge on any atom is -0.466 e. The Bertz CT molecular complexity index is 367. The van der Waals surface area contributed by atoms with Crippen LogP contribution in [-0.2, 0) is 11.3 Å². The maximum Gasteiger partial charge on any atom is 0.256 e. The van der Waals surface area contributed by atoms with Crippen LogP contribution in [0.1, 0.15) is 63.9 Å². The number of nitrogens with one attached hydrogen (secondary N) is 1. The van der Waals surface area contributed by atoms with Gasteiger partial charge < -0.3 is 10.1 Å². The van der Waals surface area contributed by atoms with Crippen LogP contribution in [0, 0.1) is 0 Å². The van der Waals surface area contributed by atoms with Crippen LogP contribution in [0.4, 0.5) is 0 Å². The molecule has 1 rings (SSSR count). The molecule has 118 valence electrons. The minimum atomic E-state index is 0.516. The molecule has 0 aliphatic carbocycles. The summed E-state index contributed by atoms with van der Waals surface area (Å²) in [5, 5.41) is 3.69. The molecule has 0 radical (unpaired) electrons. The second-order valence-corrected chi connectivity index (χ2v) is 5.83. The van der Waals surface area contributed by atoms with Gasteiger partial charge in [0.25, 0.3) is 5.17 Å². The number of benzene rings is 1. The third-order valence-electron chi connectivity index (χ3n) is 3.51. The van der Waals surface area contributed by atoms with Crippen LogP contribution in [0.5, 0.6) is 0 Å². The summed E-state index contributed by atoms with van der Waals surface area (Å²) < 4.78 is 5.52. The average Bonchev–Trinajstić information content (AvgIpc) is 2.52. The summed E-state index contributed by atoms with van der Waals surface area (Å²) in [4.78, 5) is 0. The van der Waals surface area contributed by atoms with Gasteiger partial charge >= 0.3 is 0 Å². The highest BCUT2D eigenvalue weighted by atomic mass is 32.1. The molecule has 1 aromatic rings. The van der Waals surface area contributed by atoms with Crippen molar-refractivity contribution in [3.8, 4) is 0 Å². The number of unbranched alkanes of at least 4 members (excludes halogenated alkanes) is 7. The normalized spacial score (nSPS) is 10.3. The Hall–Kier alpha value is -1.09. The van der Waals surface area contributed by atoms with Gasteiger partial charge in [-0.3, -0.25) is 0 Å². The van der Waals surface area contributed by atoms with Crippen molar-refractivity contribution in [1.82, 2.24) is 5.32 Å². The van der Waals surface area contributed by atoms with Crippen LogP contribution in [0.3, 0.4) is 0 Å². The highest BCUT2D eigenvalue weighted by molar-refractivity contribution is 7.80. The van der Waals surface area contributed by atoms with Crippen LogP contribution in [0.2, 0.25) is 0 Å². The molecule has 0 atom stereocenters. The first kappa shape index (κ1) is 18.0. The van der Waals surface area contributed by atoms with E-state index in [4.69, 9.17) is 17.0 Å². The number of ether oxygens (including phenoxy) is 1. The zero-order valence-corrected chi connectivity index (χ0v) is 14.1. The van der Waals surface area contributed by atoms with Crippen molar-refractivity contribution >= 4 is 17.4 Å². The second-order valence-electron chi connectivity index (χ2n) is 5.46. The molecule has 1 N–H and O–H groups in total. The Morgan fingerprint density at radius 3 is 2.24 bits per heavy atom. The zero-order chi connectivity index (χ0) is 15.2. The smallest absolute Gasteiger partial charge is 0.256 e. The predicted molar refractivity (Wildman–Crippen MR) is 94.4 cm³/mol. The molecule has 2 nitrogen and oxygen atoms in total. The van der Waals surface area contributed by atoms with E-state index in [1.807, 2.05) is 30.3 Å². The van der Waals surface area contributed by atoms with Crippen LogP contribution < -0.4 is 5.32 Å². The van der Waals surface area contributed by atoms with Crippen molar-refractivity contribution in [3.05, 3.63) is 35.9 Å². The van der Waals surface area contributed by atoms with E-state index in [2.05, 4.69) is 12.2 Å². The monoisotopic (exact) mass is 307 g/mol. The van der Waals surface area contributed by atoms with E-state index in [0.717, 1.165) is 12.1 Å². The fourth-order valence-corrected chi connectivity index (χ4v) is 2.38. The molecule has 0 saturated carbocycles. The van der Waals surface area contributed by atoms with Gasteiger partial charge in [-0.2, -0.15) is 0 Å². The van der Waals surface area contributed by atoms with Crippen molar-refractivity contribution in [2.75, 3.05) is 6.54 Å². The Balaban J connectivity index is 1.89. The van der Waals surface area contributed by atoms with Crippen LogP contribution >= 0.6 is 12.2 Å². The lowest BCUT2D eigenvalue weighted by molar-refractivity contribution is 0.286. The molecule has 0 aliphatic heterocycles. The summed E-state index contributed by atoms with van der Waals surface area (Å²) in [5.74, 6) is 0. The number of rotatable bonds is 11. The summed E-state index contributed by atoms with van der Waals surface area (Å²) in [6.45, 7) is 3.72. The van der Waals surface area contributed by atoms with E-state index in [-0.39, 0.29) is 0 Å². The molecule has 0 bridgehead atoms. The van der Waals surface area contributed by atoms with Crippen LogP contribution in [0.15, 0.2) is 30.3 Å². The molecular formula is C18H29NOS. The van der Waals surface area contributed by atoms with E-state index in [9.17, 15) is 0 Å². The lowest BCUT2D eigenvalue weighted by Gasteiger charge is -2.09. The number of hydrogen-bond donors (Lipinski definition) is 1. The van der Waals surface area contributed by atoms with E-state index in [1.165, 1.54) is 51.4 Å². The summed E-state index contributed by atoms with van der Waals surface area (Å²) in [7, 11) is 0. The molecule has 0 saturated heterocycles. The predicted octanol–water partition coefficient (Wildman–Crippen LogP) is 5.22. The molecule has 0 aromatic heterocycles. The minimum absolute atomic E-state index is 0.516. The second kappa shape index (κ2) is 12.6. The highest BCUT2D eigenvalue weighted by Gasteiger charge is 1.98. The quantitative estimate of drug-likeness (QED) is 0.447. The molecule has 0 aliphatic rings. The molecule has 1 aromatic carbocycles. The van der Waals surface area contributed by atoms with Gasteiger partial charge in [-0.05, 0) is 24.2 Å². The van der Waals surface area contributed by atoms with E-state index in [1.54, 1.807) is 0 Å². The summed E-state index contributed by atoms with van der Waals surface area (Å²) in [6.07, 6.45) is 10.6. The molecule has 0 unspecified atom stereocenters. The van der Waals surface area contributed by atoms with Gasteiger partial charge in [-0.25, -0.2) is 0 Å². The van der Waals surface area contributed by atoms with Crippen molar-refractivity contribution in [1.29, 1.82) is 0 Å². The van der Waals surface area contributed by atoms with E-state index < -0.39 is 0 Å². The Kier molecular flexibility index (Phi) is 10.8. The Morgan fingerprint density at radius 1 is 0.952 bits per heavy atom. The van der Waals surface area contributed by atoms with Crippen molar-refractivity contribution < 1.29 is 4.74 Å². The maximum atomic E-state index is 5.52. The first-order valence-corrected chi connectivity index (χ1v) is 8.68. The first-order chi connectivity index (χ1) is 10.3. The van der Waals surface area contributed by atoms with E-state index >= 15 is 0 Å². The standard InChI is InChI=1S/C18H29NOS/c1-2-3-4-5-6-7-8-12-15-19-18(21)20-16-17-13-10-9-11-14-17/h9-11,13-14H,2-8,12,15-16H2,1H3,(H,19,21). The Labute approximate surface area is 135 Å². The van der Waals surface area contributed by atoms with Gasteiger partial charge in [-0.1, -0.05) is 82.2 Å². The van der Waals surface area contributed by atoms with Crippen molar-refractivity contribution in [3.63, 3.8) is 0 Å². The highest BCUT2D eigenvalue weighted by Crippen LogP contribution is 2.08.